The van der Waals surface area contributed by atoms with Gasteiger partial charge in [0.15, 0.2) is 9.84 Å². The maximum absolute atomic E-state index is 11.6. The molecule has 0 aromatic carbocycles. The van der Waals surface area contributed by atoms with Crippen LogP contribution in [0.5, 0.6) is 11.6 Å². The van der Waals surface area contributed by atoms with Gasteiger partial charge < -0.3 is 14.4 Å². The second-order valence-corrected chi connectivity index (χ2v) is 6.54. The quantitative estimate of drug-likeness (QED) is 0.793. The fourth-order valence-electron chi connectivity index (χ4n) is 1.37. The molecule has 0 saturated carbocycles. The minimum Gasteiger partial charge on any atom is -0.490 e. The third kappa shape index (κ3) is 4.34. The molecule has 1 heterocycles. The van der Waals surface area contributed by atoms with Crippen molar-refractivity contribution in [3.63, 3.8) is 0 Å². The average molecular weight is 303 g/mol. The highest BCUT2D eigenvalue weighted by molar-refractivity contribution is 7.89. The molecular formula is C11H17N3O5S. The van der Waals surface area contributed by atoms with Crippen LogP contribution in [0.25, 0.3) is 0 Å². The maximum Gasteiger partial charge on any atom is 0.416 e. The van der Waals surface area contributed by atoms with Gasteiger partial charge in [0.05, 0.1) is 12.8 Å². The molecular weight excluding hydrogens is 286 g/mol. The van der Waals surface area contributed by atoms with Crippen LogP contribution in [0, 0.1) is 6.92 Å². The third-order valence-corrected chi connectivity index (χ3v) is 2.98. The Kier molecular flexibility index (Phi) is 4.88. The number of methoxy groups -OCH3 is 1. The maximum atomic E-state index is 11.6. The molecule has 1 aromatic heterocycles. The standard InChI is InChI=1S/C11H17N3O5S/c1-7-9(18-4)10(19-11(15)14(2)3)13-8(12-7)6-20(5,16)17/h6H2,1-5H3. The van der Waals surface area contributed by atoms with E-state index in [9.17, 15) is 13.2 Å². The van der Waals surface area contributed by atoms with Crippen molar-refractivity contribution < 1.29 is 22.7 Å². The molecule has 0 aliphatic heterocycles. The van der Waals surface area contributed by atoms with Crippen molar-refractivity contribution in [2.75, 3.05) is 27.5 Å². The number of nitrogens with zero attached hydrogens (tertiary/aromatic N) is 3. The zero-order valence-electron chi connectivity index (χ0n) is 12.0. The Morgan fingerprint density at radius 1 is 1.30 bits per heavy atom. The van der Waals surface area contributed by atoms with E-state index in [0.717, 1.165) is 6.26 Å². The Balaban J connectivity index is 3.22. The zero-order valence-corrected chi connectivity index (χ0v) is 12.8. The highest BCUT2D eigenvalue weighted by Crippen LogP contribution is 2.28. The molecule has 0 spiro atoms. The molecule has 1 rings (SSSR count). The molecule has 0 aliphatic rings. The van der Waals surface area contributed by atoms with Gasteiger partial charge in [-0.2, -0.15) is 4.98 Å². The topological polar surface area (TPSA) is 98.7 Å². The Labute approximate surface area is 117 Å². The van der Waals surface area contributed by atoms with Crippen LogP contribution in [0.3, 0.4) is 0 Å². The summed E-state index contributed by atoms with van der Waals surface area (Å²) in [6, 6.07) is 0. The average Bonchev–Trinajstić information content (AvgIpc) is 2.26. The molecule has 1 aromatic rings. The number of hydrogen-bond acceptors (Lipinski definition) is 7. The number of sulfone groups is 1. The SMILES string of the molecule is COc1c(C)nc(CS(C)(=O)=O)nc1OC(=O)N(C)C. The predicted molar refractivity (Wildman–Crippen MR) is 71.6 cm³/mol. The number of carbonyl (C=O) groups is 1. The second-order valence-electron chi connectivity index (χ2n) is 4.40. The molecule has 112 valence electrons. The minimum absolute atomic E-state index is 0.0485. The Bertz CT molecular complexity index is 613. The predicted octanol–water partition coefficient (Wildman–Crippen LogP) is 0.399. The number of ether oxygens (including phenoxy) is 2. The second kappa shape index (κ2) is 6.04. The number of hydrogen-bond donors (Lipinski definition) is 0. The van der Waals surface area contributed by atoms with Gasteiger partial charge in [0, 0.05) is 20.4 Å². The van der Waals surface area contributed by atoms with Crippen LogP contribution >= 0.6 is 0 Å². The van der Waals surface area contributed by atoms with Gasteiger partial charge in [0.25, 0.3) is 5.88 Å². The number of rotatable bonds is 4. The van der Waals surface area contributed by atoms with E-state index in [1.807, 2.05) is 0 Å². The van der Waals surface area contributed by atoms with Crippen molar-refractivity contribution in [1.82, 2.24) is 14.9 Å². The lowest BCUT2D eigenvalue weighted by Crippen LogP contribution is -2.26. The lowest BCUT2D eigenvalue weighted by molar-refractivity contribution is 0.167. The van der Waals surface area contributed by atoms with Crippen molar-refractivity contribution in [3.8, 4) is 11.6 Å². The summed E-state index contributed by atoms with van der Waals surface area (Å²) in [5, 5.41) is 0. The van der Waals surface area contributed by atoms with E-state index >= 15 is 0 Å². The van der Waals surface area contributed by atoms with E-state index in [4.69, 9.17) is 9.47 Å². The monoisotopic (exact) mass is 303 g/mol. The highest BCUT2D eigenvalue weighted by Gasteiger charge is 2.19. The van der Waals surface area contributed by atoms with Gasteiger partial charge in [-0.15, -0.1) is 0 Å². The first-order valence-electron chi connectivity index (χ1n) is 5.62. The lowest BCUT2D eigenvalue weighted by Gasteiger charge is -2.14. The van der Waals surface area contributed by atoms with Crippen LogP contribution in [-0.2, 0) is 15.6 Å². The van der Waals surface area contributed by atoms with Crippen LogP contribution in [0.2, 0.25) is 0 Å². The van der Waals surface area contributed by atoms with E-state index in [-0.39, 0.29) is 23.2 Å². The van der Waals surface area contributed by atoms with Gasteiger partial charge in [0.1, 0.15) is 11.6 Å². The van der Waals surface area contributed by atoms with Crippen molar-refractivity contribution >= 4 is 15.9 Å². The van der Waals surface area contributed by atoms with Gasteiger partial charge in [-0.05, 0) is 6.92 Å². The molecule has 8 nitrogen and oxygen atoms in total. The van der Waals surface area contributed by atoms with E-state index in [1.165, 1.54) is 26.1 Å². The van der Waals surface area contributed by atoms with E-state index in [1.54, 1.807) is 6.92 Å². The smallest absolute Gasteiger partial charge is 0.416 e. The van der Waals surface area contributed by atoms with Crippen LogP contribution < -0.4 is 9.47 Å². The molecule has 0 fully saturated rings. The molecule has 0 unspecified atom stereocenters. The molecule has 0 radical (unpaired) electrons. The Morgan fingerprint density at radius 2 is 1.90 bits per heavy atom. The zero-order chi connectivity index (χ0) is 15.5. The first-order valence-corrected chi connectivity index (χ1v) is 7.68. The van der Waals surface area contributed by atoms with Gasteiger partial charge in [0.2, 0.25) is 5.75 Å². The molecule has 0 saturated heterocycles. The molecule has 20 heavy (non-hydrogen) atoms. The van der Waals surface area contributed by atoms with Crippen molar-refractivity contribution in [1.29, 1.82) is 0 Å². The lowest BCUT2D eigenvalue weighted by atomic mass is 10.4. The molecule has 0 aliphatic carbocycles. The third-order valence-electron chi connectivity index (χ3n) is 2.19. The van der Waals surface area contributed by atoms with Gasteiger partial charge in [-0.3, -0.25) is 0 Å². The van der Waals surface area contributed by atoms with Crippen molar-refractivity contribution in [3.05, 3.63) is 11.5 Å². The summed E-state index contributed by atoms with van der Waals surface area (Å²) in [6.07, 6.45) is 0.424. The van der Waals surface area contributed by atoms with E-state index in [2.05, 4.69) is 9.97 Å². The molecule has 0 atom stereocenters. The summed E-state index contributed by atoms with van der Waals surface area (Å²) in [5.41, 5.74) is 0.391. The van der Waals surface area contributed by atoms with Gasteiger partial charge >= 0.3 is 6.09 Å². The van der Waals surface area contributed by atoms with Crippen LogP contribution in [0.15, 0.2) is 0 Å². The van der Waals surface area contributed by atoms with E-state index in [0.29, 0.717) is 5.69 Å². The molecule has 0 bridgehead atoms. The normalized spacial score (nSPS) is 11.1. The first kappa shape index (κ1) is 16.2. The fourth-order valence-corrected chi connectivity index (χ4v) is 1.97. The fraction of sp³-hybridized carbons (Fsp3) is 0.545. The first-order chi connectivity index (χ1) is 9.14. The van der Waals surface area contributed by atoms with Gasteiger partial charge in [-0.25, -0.2) is 18.2 Å². The van der Waals surface area contributed by atoms with Crippen molar-refractivity contribution in [2.24, 2.45) is 0 Å². The number of carbonyl (C=O) groups excluding carboxylic acids is 1. The van der Waals surface area contributed by atoms with Crippen LogP contribution in [0.1, 0.15) is 11.5 Å². The minimum atomic E-state index is -3.29. The number of aromatic nitrogens is 2. The Morgan fingerprint density at radius 3 is 2.35 bits per heavy atom. The van der Waals surface area contributed by atoms with Crippen LogP contribution in [-0.4, -0.2) is 56.8 Å². The summed E-state index contributed by atoms with van der Waals surface area (Å²) < 4.78 is 32.7. The summed E-state index contributed by atoms with van der Waals surface area (Å²) in [6.45, 7) is 1.61. The Hall–Kier alpha value is -1.90. The largest absolute Gasteiger partial charge is 0.490 e. The molecule has 1 amide bonds. The van der Waals surface area contributed by atoms with Crippen molar-refractivity contribution in [2.45, 2.75) is 12.7 Å². The number of aryl methyl sites for hydroxylation is 1. The molecule has 9 heteroatoms. The summed E-state index contributed by atoms with van der Waals surface area (Å²) in [4.78, 5) is 20.7. The highest BCUT2D eigenvalue weighted by atomic mass is 32.2. The number of amides is 1. The summed E-state index contributed by atoms with van der Waals surface area (Å²) in [7, 11) is 1.12. The molecule has 0 N–H and O–H groups in total. The summed E-state index contributed by atoms with van der Waals surface area (Å²) >= 11 is 0. The van der Waals surface area contributed by atoms with E-state index < -0.39 is 15.9 Å². The summed E-state index contributed by atoms with van der Waals surface area (Å²) in [5.74, 6) is -0.202. The van der Waals surface area contributed by atoms with Gasteiger partial charge in [-0.1, -0.05) is 0 Å². The van der Waals surface area contributed by atoms with Crippen LogP contribution in [0.4, 0.5) is 4.79 Å².